The Hall–Kier alpha value is -3.07. The van der Waals surface area contributed by atoms with Crippen molar-refractivity contribution in [2.75, 3.05) is 54.8 Å². The van der Waals surface area contributed by atoms with Gasteiger partial charge in [-0.3, -0.25) is 0 Å². The van der Waals surface area contributed by atoms with Crippen LogP contribution in [0.4, 0.5) is 11.4 Å². The maximum atomic E-state index is 12.4. The van der Waals surface area contributed by atoms with Crippen molar-refractivity contribution < 1.29 is 13.9 Å². The van der Waals surface area contributed by atoms with Gasteiger partial charge in [0.15, 0.2) is 0 Å². The van der Waals surface area contributed by atoms with Gasteiger partial charge in [0, 0.05) is 48.6 Å². The zero-order valence-corrected chi connectivity index (χ0v) is 24.4. The van der Waals surface area contributed by atoms with Gasteiger partial charge in [-0.05, 0) is 74.4 Å². The van der Waals surface area contributed by atoms with Crippen molar-refractivity contribution in [3.63, 3.8) is 0 Å². The van der Waals surface area contributed by atoms with Gasteiger partial charge in [-0.25, -0.2) is 9.10 Å². The zero-order valence-electron chi connectivity index (χ0n) is 22.8. The highest BCUT2D eigenvalue weighted by molar-refractivity contribution is 8.00. The minimum atomic E-state index is -0.416. The van der Waals surface area contributed by atoms with Gasteiger partial charge >= 0.3 is 5.97 Å². The average Bonchev–Trinajstić information content (AvgIpc) is 3.31. The fourth-order valence-electron chi connectivity index (χ4n) is 4.92. The predicted octanol–water partition coefficient (Wildman–Crippen LogP) is 7.07. The normalized spacial score (nSPS) is 14.1. The fourth-order valence-corrected chi connectivity index (χ4v) is 6.44. The molecule has 0 bridgehead atoms. The Bertz CT molecular complexity index is 1400. The molecule has 1 fully saturated rings. The summed E-state index contributed by atoms with van der Waals surface area (Å²) in [5.41, 5.74) is 5.31. The number of hydrogen-bond donors (Lipinski definition) is 0. The summed E-state index contributed by atoms with van der Waals surface area (Å²) in [6, 6.07) is 25.5. The van der Waals surface area contributed by atoms with E-state index in [0.29, 0.717) is 12.2 Å². The molecule has 3 aromatic carbocycles. The fraction of sp³-hybridized carbons (Fsp3) is 0.323. The van der Waals surface area contributed by atoms with E-state index in [1.54, 1.807) is 18.9 Å². The van der Waals surface area contributed by atoms with Crippen LogP contribution in [-0.2, 0) is 11.2 Å². The molecule has 5 rings (SSSR count). The second-order valence-electron chi connectivity index (χ2n) is 9.45. The maximum absolute atomic E-state index is 12.4. The van der Waals surface area contributed by atoms with E-state index >= 15 is 0 Å². The third kappa shape index (κ3) is 6.40. The largest absolute Gasteiger partial charge is 0.460 e. The lowest BCUT2D eigenvalue weighted by Crippen LogP contribution is -2.43. The summed E-state index contributed by atoms with van der Waals surface area (Å²) in [6.45, 7) is 9.00. The number of carbonyl (C=O) groups is 1. The number of fused-ring (bicyclic) bond motifs is 1. The number of piperazine rings is 1. The van der Waals surface area contributed by atoms with Gasteiger partial charge in [0.1, 0.15) is 5.58 Å². The molecule has 0 amide bonds. The monoisotopic (exact) mass is 561 g/mol. The van der Waals surface area contributed by atoms with Crippen LogP contribution in [0.15, 0.2) is 82.1 Å². The molecule has 0 unspecified atom stereocenters. The molecule has 0 N–H and O–H groups in total. The lowest BCUT2D eigenvalue weighted by atomic mass is 10.1. The van der Waals surface area contributed by atoms with Crippen LogP contribution in [0, 0.1) is 6.92 Å². The number of esters is 1. The second-order valence-corrected chi connectivity index (χ2v) is 11.4. The molecule has 1 aliphatic heterocycles. The van der Waals surface area contributed by atoms with Gasteiger partial charge in [-0.15, -0.1) is 0 Å². The number of hydrogen-bond acceptors (Lipinski definition) is 8. The number of carbonyl (C=O) groups excluding carboxylic acids is 1. The third-order valence-corrected chi connectivity index (χ3v) is 8.96. The van der Waals surface area contributed by atoms with E-state index in [-0.39, 0.29) is 5.76 Å². The number of ether oxygens (including phenoxy) is 1. The first-order chi connectivity index (χ1) is 19.1. The van der Waals surface area contributed by atoms with E-state index in [4.69, 9.17) is 9.15 Å². The molecule has 1 aromatic heterocycles. The van der Waals surface area contributed by atoms with Crippen LogP contribution in [0.5, 0.6) is 0 Å². The number of anilines is 2. The minimum absolute atomic E-state index is 0.282. The lowest BCUT2D eigenvalue weighted by Gasteiger charge is -2.37. The van der Waals surface area contributed by atoms with Crippen LogP contribution in [0.25, 0.3) is 11.0 Å². The molecular weight excluding hydrogens is 526 g/mol. The number of para-hydroxylation sites is 2. The van der Waals surface area contributed by atoms with Gasteiger partial charge in [-0.1, -0.05) is 54.4 Å². The van der Waals surface area contributed by atoms with E-state index in [1.807, 2.05) is 24.9 Å². The number of aryl methyl sites for hydroxylation is 1. The Labute approximate surface area is 239 Å². The number of furan rings is 1. The van der Waals surface area contributed by atoms with E-state index in [9.17, 15) is 4.79 Å². The van der Waals surface area contributed by atoms with Crippen molar-refractivity contribution in [2.24, 2.45) is 0 Å². The third-order valence-electron chi connectivity index (χ3n) is 7.02. The van der Waals surface area contributed by atoms with E-state index in [0.717, 1.165) is 55.0 Å². The SMILES string of the molecule is CCOC(=O)c1oc2ccc(SN(CCc3ccccc3)c3ccccc3N3CCN(SC)CC3)cc2c1C. The lowest BCUT2D eigenvalue weighted by molar-refractivity contribution is 0.0491. The molecule has 204 valence electrons. The summed E-state index contributed by atoms with van der Waals surface area (Å²) >= 11 is 3.55. The average molecular weight is 562 g/mol. The van der Waals surface area contributed by atoms with E-state index in [1.165, 1.54) is 16.9 Å². The van der Waals surface area contributed by atoms with Gasteiger partial charge < -0.3 is 18.4 Å². The summed E-state index contributed by atoms with van der Waals surface area (Å²) in [5.74, 6) is -0.134. The standard InChI is InChI=1S/C31H35N3O3S2/c1-4-36-31(35)30-23(2)26-22-25(14-15-29(26)37-30)39-34(17-16-24-10-6-5-7-11-24)28-13-9-8-12-27(28)32-18-20-33(38-3)21-19-32/h5-15,22H,4,16-21H2,1-3H3. The van der Waals surface area contributed by atoms with Crippen molar-refractivity contribution in [2.45, 2.75) is 25.2 Å². The summed E-state index contributed by atoms with van der Waals surface area (Å²) in [5, 5.41) is 0.938. The van der Waals surface area contributed by atoms with Crippen molar-refractivity contribution in [3.05, 3.63) is 89.7 Å². The highest BCUT2D eigenvalue weighted by Gasteiger charge is 2.23. The summed E-state index contributed by atoms with van der Waals surface area (Å²) < 4.78 is 15.9. The molecule has 2 heterocycles. The smallest absolute Gasteiger partial charge is 0.374 e. The van der Waals surface area contributed by atoms with Crippen molar-refractivity contribution >= 4 is 52.2 Å². The molecule has 0 saturated carbocycles. The first-order valence-corrected chi connectivity index (χ1v) is 15.4. The van der Waals surface area contributed by atoms with Gasteiger partial charge in [-0.2, -0.15) is 0 Å². The van der Waals surface area contributed by atoms with Crippen molar-refractivity contribution in [1.82, 2.24) is 4.31 Å². The molecular formula is C31H35N3O3S2. The molecule has 0 spiro atoms. The van der Waals surface area contributed by atoms with E-state index < -0.39 is 5.97 Å². The number of benzene rings is 3. The van der Waals surface area contributed by atoms with Crippen LogP contribution in [0.3, 0.4) is 0 Å². The van der Waals surface area contributed by atoms with Crippen LogP contribution >= 0.6 is 23.9 Å². The zero-order chi connectivity index (χ0) is 27.2. The molecule has 1 aliphatic rings. The molecule has 6 nitrogen and oxygen atoms in total. The maximum Gasteiger partial charge on any atom is 0.374 e. The number of nitrogens with zero attached hydrogens (tertiary/aromatic N) is 3. The molecule has 8 heteroatoms. The first kappa shape index (κ1) is 27.5. The van der Waals surface area contributed by atoms with Crippen LogP contribution in [0.2, 0.25) is 0 Å². The molecule has 39 heavy (non-hydrogen) atoms. The Kier molecular flexibility index (Phi) is 9.06. The highest BCUT2D eigenvalue weighted by Crippen LogP contribution is 2.38. The summed E-state index contributed by atoms with van der Waals surface area (Å²) in [4.78, 5) is 16.0. The minimum Gasteiger partial charge on any atom is -0.460 e. The van der Waals surface area contributed by atoms with Crippen molar-refractivity contribution in [1.29, 1.82) is 0 Å². The van der Waals surface area contributed by atoms with Gasteiger partial charge in [0.2, 0.25) is 5.76 Å². The van der Waals surface area contributed by atoms with Gasteiger partial charge in [0.25, 0.3) is 0 Å². The van der Waals surface area contributed by atoms with Crippen LogP contribution in [0.1, 0.15) is 28.6 Å². The number of rotatable bonds is 10. The molecule has 0 atom stereocenters. The summed E-state index contributed by atoms with van der Waals surface area (Å²) in [6.07, 6.45) is 3.09. The van der Waals surface area contributed by atoms with Crippen LogP contribution in [-0.4, -0.2) is 55.9 Å². The quantitative estimate of drug-likeness (QED) is 0.150. The van der Waals surface area contributed by atoms with Gasteiger partial charge in [0.05, 0.1) is 18.0 Å². The Morgan fingerprint density at radius 1 is 1.00 bits per heavy atom. The molecule has 0 aliphatic carbocycles. The highest BCUT2D eigenvalue weighted by atomic mass is 32.2. The molecule has 4 aromatic rings. The molecule has 0 radical (unpaired) electrons. The first-order valence-electron chi connectivity index (χ1n) is 13.4. The topological polar surface area (TPSA) is 49.2 Å². The van der Waals surface area contributed by atoms with E-state index in [2.05, 4.69) is 86.5 Å². The molecule has 1 saturated heterocycles. The van der Waals surface area contributed by atoms with Crippen LogP contribution < -0.4 is 9.21 Å². The second kappa shape index (κ2) is 12.9. The Morgan fingerprint density at radius 3 is 2.49 bits per heavy atom. The predicted molar refractivity (Wildman–Crippen MR) is 164 cm³/mol. The Morgan fingerprint density at radius 2 is 1.74 bits per heavy atom. The van der Waals surface area contributed by atoms with Crippen molar-refractivity contribution in [3.8, 4) is 0 Å². The Balaban J connectivity index is 1.45. The summed E-state index contributed by atoms with van der Waals surface area (Å²) in [7, 11) is 0.